The summed E-state index contributed by atoms with van der Waals surface area (Å²) in [6.45, 7) is 6.59. The first-order chi connectivity index (χ1) is 17.9. The van der Waals surface area contributed by atoms with Crippen LogP contribution in [0.4, 0.5) is 5.69 Å². The normalized spacial score (nSPS) is 18.1. The topological polar surface area (TPSA) is 75.7 Å². The van der Waals surface area contributed by atoms with Gasteiger partial charge in [-0.3, -0.25) is 14.4 Å². The third-order valence-electron chi connectivity index (χ3n) is 7.66. The molecule has 0 spiro atoms. The fourth-order valence-electron chi connectivity index (χ4n) is 5.96. The summed E-state index contributed by atoms with van der Waals surface area (Å²) in [6, 6.07) is 13.4. The Morgan fingerprint density at radius 3 is 2.24 bits per heavy atom. The number of Topliss-reactive ketones (excluding diaryl/α,β-unsaturated/α-hetero) is 2. The van der Waals surface area contributed by atoms with Crippen molar-refractivity contribution < 1.29 is 19.1 Å². The average Bonchev–Trinajstić information content (AvgIpc) is 2.89. The molecule has 0 unspecified atom stereocenters. The number of anilines is 1. The maximum absolute atomic E-state index is 13.4. The van der Waals surface area contributed by atoms with Gasteiger partial charge < -0.3 is 15.0 Å². The number of nitrogens with zero attached hydrogens (tertiary/aromatic N) is 1. The van der Waals surface area contributed by atoms with Crippen molar-refractivity contribution in [2.75, 3.05) is 18.5 Å². The number of aryl methyl sites for hydroxylation is 2. The van der Waals surface area contributed by atoms with Crippen LogP contribution in [0, 0.1) is 13.8 Å². The van der Waals surface area contributed by atoms with E-state index >= 15 is 0 Å². The lowest BCUT2D eigenvalue weighted by atomic mass is 9.70. The van der Waals surface area contributed by atoms with E-state index in [1.54, 1.807) is 0 Å². The number of ether oxygens (including phenoxy) is 1. The van der Waals surface area contributed by atoms with Gasteiger partial charge in [0.1, 0.15) is 5.75 Å². The quantitative estimate of drug-likeness (QED) is 0.549. The molecule has 1 amide bonds. The summed E-state index contributed by atoms with van der Waals surface area (Å²) in [5.41, 5.74) is 7.17. The second-order valence-electron chi connectivity index (χ2n) is 10.1. The third-order valence-corrected chi connectivity index (χ3v) is 7.66. The van der Waals surface area contributed by atoms with Crippen molar-refractivity contribution in [3.63, 3.8) is 0 Å². The maximum Gasteiger partial charge on any atom is 0.262 e. The molecule has 0 bridgehead atoms. The van der Waals surface area contributed by atoms with Crippen LogP contribution in [0.25, 0.3) is 0 Å². The highest BCUT2D eigenvalue weighted by atomic mass is 16.5. The smallest absolute Gasteiger partial charge is 0.262 e. The molecule has 0 atom stereocenters. The maximum atomic E-state index is 13.4. The summed E-state index contributed by atoms with van der Waals surface area (Å²) in [4.78, 5) is 41.8. The fraction of sp³-hybridized carbons (Fsp3) is 0.387. The number of allylic oxidation sites excluding steroid dienone is 4. The molecule has 6 nitrogen and oxygen atoms in total. The Balaban J connectivity index is 1.49. The molecule has 192 valence electrons. The molecule has 6 heteroatoms. The Morgan fingerprint density at radius 1 is 0.946 bits per heavy atom. The first-order valence-electron chi connectivity index (χ1n) is 13.3. The fourth-order valence-corrected chi connectivity index (χ4v) is 5.96. The number of nitrogens with one attached hydrogen (secondary N) is 1. The van der Waals surface area contributed by atoms with Crippen molar-refractivity contribution in [2.24, 2.45) is 0 Å². The Morgan fingerprint density at radius 2 is 1.59 bits per heavy atom. The molecule has 5 rings (SSSR count). The van der Waals surface area contributed by atoms with Crippen LogP contribution in [-0.2, 0) is 14.4 Å². The van der Waals surface area contributed by atoms with Crippen molar-refractivity contribution in [3.05, 3.63) is 81.7 Å². The van der Waals surface area contributed by atoms with Gasteiger partial charge in [-0.15, -0.1) is 0 Å². The first kappa shape index (κ1) is 25.0. The van der Waals surface area contributed by atoms with Crippen LogP contribution in [-0.4, -0.2) is 35.5 Å². The molecule has 3 aliphatic rings. The van der Waals surface area contributed by atoms with E-state index in [9.17, 15) is 14.4 Å². The molecule has 0 saturated carbocycles. The van der Waals surface area contributed by atoms with Gasteiger partial charge in [-0.05, 0) is 69.7 Å². The summed E-state index contributed by atoms with van der Waals surface area (Å²) in [5.74, 6) is 0.0384. The van der Waals surface area contributed by atoms with Crippen molar-refractivity contribution >= 4 is 23.2 Å². The predicted molar refractivity (Wildman–Crippen MR) is 143 cm³/mol. The lowest BCUT2D eigenvalue weighted by Gasteiger charge is -2.43. The van der Waals surface area contributed by atoms with Gasteiger partial charge in [0, 0.05) is 59.1 Å². The van der Waals surface area contributed by atoms with Crippen molar-refractivity contribution in [1.82, 2.24) is 4.90 Å². The Hall–Kier alpha value is -3.67. The van der Waals surface area contributed by atoms with E-state index in [0.29, 0.717) is 18.6 Å². The summed E-state index contributed by atoms with van der Waals surface area (Å²) in [5, 5.41) is 2.94. The van der Waals surface area contributed by atoms with Gasteiger partial charge in [0.15, 0.2) is 18.2 Å². The largest absolute Gasteiger partial charge is 0.483 e. The average molecular weight is 499 g/mol. The molecule has 1 N–H and O–H groups in total. The van der Waals surface area contributed by atoms with E-state index in [-0.39, 0.29) is 24.1 Å². The molecular weight excluding hydrogens is 464 g/mol. The molecule has 1 aliphatic heterocycles. The number of carbonyl (C=O) groups is 3. The van der Waals surface area contributed by atoms with E-state index < -0.39 is 5.92 Å². The predicted octanol–water partition coefficient (Wildman–Crippen LogP) is 5.75. The first-order valence-corrected chi connectivity index (χ1v) is 13.3. The van der Waals surface area contributed by atoms with Crippen molar-refractivity contribution in [3.8, 4) is 5.75 Å². The van der Waals surface area contributed by atoms with E-state index in [1.165, 1.54) is 0 Å². The SMILES string of the molecule is CCN1C2=C(C(=O)CCC2)C(c2ccccc2OCC(=O)Nc2cc(C)ccc2C)C2=C1CCCC2=O. The number of ketones is 2. The standard InChI is InChI=1S/C31H34N2O4/c1-4-33-23-10-7-12-25(34)30(23)29(31-24(33)11-8-13-26(31)35)21-9-5-6-14-27(21)37-18-28(36)32-22-17-19(2)15-16-20(22)3/h5-6,9,14-17,29H,4,7-8,10-13,18H2,1-3H3,(H,32,36). The third kappa shape index (κ3) is 4.73. The molecular formula is C31H34N2O4. The molecule has 0 saturated heterocycles. The van der Waals surface area contributed by atoms with E-state index in [0.717, 1.165) is 77.1 Å². The van der Waals surface area contributed by atoms with Crippen molar-refractivity contribution in [2.45, 2.75) is 65.2 Å². The molecule has 1 heterocycles. The zero-order valence-electron chi connectivity index (χ0n) is 21.9. The number of amides is 1. The Kier molecular flexibility index (Phi) is 7.00. The molecule has 0 radical (unpaired) electrons. The summed E-state index contributed by atoms with van der Waals surface area (Å²) in [7, 11) is 0. The van der Waals surface area contributed by atoms with Gasteiger partial charge in [-0.2, -0.15) is 0 Å². The second-order valence-corrected chi connectivity index (χ2v) is 10.1. The summed E-state index contributed by atoms with van der Waals surface area (Å²) < 4.78 is 6.08. The minimum Gasteiger partial charge on any atom is -0.483 e. The van der Waals surface area contributed by atoms with Crippen LogP contribution in [0.5, 0.6) is 5.75 Å². The summed E-state index contributed by atoms with van der Waals surface area (Å²) >= 11 is 0. The highest BCUT2D eigenvalue weighted by Gasteiger charge is 2.43. The monoisotopic (exact) mass is 498 g/mol. The molecule has 0 fully saturated rings. The molecule has 2 aromatic carbocycles. The molecule has 37 heavy (non-hydrogen) atoms. The highest BCUT2D eigenvalue weighted by Crippen LogP contribution is 2.50. The van der Waals surface area contributed by atoms with E-state index in [1.807, 2.05) is 56.3 Å². The van der Waals surface area contributed by atoms with Gasteiger partial charge in [0.05, 0.1) is 0 Å². The Bertz CT molecular complexity index is 1290. The minimum absolute atomic E-state index is 0.108. The van der Waals surface area contributed by atoms with Gasteiger partial charge in [-0.1, -0.05) is 30.3 Å². The van der Waals surface area contributed by atoms with E-state index in [4.69, 9.17) is 4.74 Å². The van der Waals surface area contributed by atoms with Crippen LogP contribution in [0.2, 0.25) is 0 Å². The molecule has 2 aromatic rings. The number of hydrogen-bond donors (Lipinski definition) is 1. The number of rotatable bonds is 6. The van der Waals surface area contributed by atoms with Crippen LogP contribution in [0.3, 0.4) is 0 Å². The molecule has 0 aromatic heterocycles. The lowest BCUT2D eigenvalue weighted by molar-refractivity contribution is -0.119. The minimum atomic E-state index is -0.452. The van der Waals surface area contributed by atoms with Crippen LogP contribution in [0.1, 0.15) is 68.1 Å². The highest BCUT2D eigenvalue weighted by molar-refractivity contribution is 6.06. The molecule has 2 aliphatic carbocycles. The Labute approximate surface area is 218 Å². The number of benzene rings is 2. The second kappa shape index (κ2) is 10.4. The zero-order chi connectivity index (χ0) is 26.1. The van der Waals surface area contributed by atoms with Gasteiger partial charge in [-0.25, -0.2) is 0 Å². The zero-order valence-corrected chi connectivity index (χ0v) is 21.9. The number of hydrogen-bond acceptors (Lipinski definition) is 5. The van der Waals surface area contributed by atoms with Gasteiger partial charge >= 0.3 is 0 Å². The van der Waals surface area contributed by atoms with Crippen LogP contribution in [0.15, 0.2) is 65.0 Å². The van der Waals surface area contributed by atoms with Crippen LogP contribution >= 0.6 is 0 Å². The number of para-hydroxylation sites is 1. The van der Waals surface area contributed by atoms with Gasteiger partial charge in [0.2, 0.25) is 0 Å². The number of carbonyl (C=O) groups excluding carboxylic acids is 3. The van der Waals surface area contributed by atoms with Crippen LogP contribution < -0.4 is 10.1 Å². The summed E-state index contributed by atoms with van der Waals surface area (Å²) in [6.07, 6.45) is 4.30. The lowest BCUT2D eigenvalue weighted by Crippen LogP contribution is -2.39. The van der Waals surface area contributed by atoms with E-state index in [2.05, 4.69) is 17.1 Å². The van der Waals surface area contributed by atoms with Gasteiger partial charge in [0.25, 0.3) is 5.91 Å². The van der Waals surface area contributed by atoms with Crippen molar-refractivity contribution in [1.29, 1.82) is 0 Å².